The highest BCUT2D eigenvalue weighted by Crippen LogP contribution is 2.25. The first kappa shape index (κ1) is 11.7. The standard InChI is InChI=1S/C12H16N2O3/c1-8(2)11-7-14(12(15)16)6-9-10(17-11)4-3-5-13-9/h3-5,8,11H,6-7H2,1-2H3,(H,15,16). The van der Waals surface area contributed by atoms with Gasteiger partial charge in [-0.25, -0.2) is 4.79 Å². The van der Waals surface area contributed by atoms with Gasteiger partial charge >= 0.3 is 6.09 Å². The Labute approximate surface area is 100 Å². The molecule has 1 N–H and O–H groups in total. The predicted molar refractivity (Wildman–Crippen MR) is 61.9 cm³/mol. The fourth-order valence-corrected chi connectivity index (χ4v) is 1.80. The molecule has 1 aromatic heterocycles. The lowest BCUT2D eigenvalue weighted by molar-refractivity contribution is 0.0959. The first-order valence-electron chi connectivity index (χ1n) is 5.66. The molecule has 0 aliphatic carbocycles. The maximum Gasteiger partial charge on any atom is 0.407 e. The number of nitrogens with zero attached hydrogens (tertiary/aromatic N) is 2. The highest BCUT2D eigenvalue weighted by Gasteiger charge is 2.28. The highest BCUT2D eigenvalue weighted by atomic mass is 16.5. The number of pyridine rings is 1. The van der Waals surface area contributed by atoms with Gasteiger partial charge in [0.15, 0.2) is 0 Å². The number of aromatic nitrogens is 1. The van der Waals surface area contributed by atoms with Crippen molar-refractivity contribution in [1.82, 2.24) is 9.88 Å². The Morgan fingerprint density at radius 1 is 1.65 bits per heavy atom. The molecule has 5 heteroatoms. The molecule has 0 spiro atoms. The molecular weight excluding hydrogens is 220 g/mol. The van der Waals surface area contributed by atoms with E-state index in [1.54, 1.807) is 12.3 Å². The van der Waals surface area contributed by atoms with Crippen LogP contribution < -0.4 is 4.74 Å². The fraction of sp³-hybridized carbons (Fsp3) is 0.500. The van der Waals surface area contributed by atoms with Crippen molar-refractivity contribution < 1.29 is 14.6 Å². The van der Waals surface area contributed by atoms with Gasteiger partial charge in [0.1, 0.15) is 17.5 Å². The van der Waals surface area contributed by atoms with Crippen LogP contribution in [0.3, 0.4) is 0 Å². The smallest absolute Gasteiger partial charge is 0.407 e. The van der Waals surface area contributed by atoms with E-state index in [0.29, 0.717) is 18.0 Å². The van der Waals surface area contributed by atoms with Gasteiger partial charge < -0.3 is 9.84 Å². The van der Waals surface area contributed by atoms with Gasteiger partial charge in [0, 0.05) is 6.20 Å². The molecule has 0 bridgehead atoms. The van der Waals surface area contributed by atoms with E-state index in [1.807, 2.05) is 19.9 Å². The largest absolute Gasteiger partial charge is 0.486 e. The zero-order valence-electron chi connectivity index (χ0n) is 9.96. The van der Waals surface area contributed by atoms with Crippen LogP contribution in [0.2, 0.25) is 0 Å². The van der Waals surface area contributed by atoms with Crippen LogP contribution in [0.4, 0.5) is 4.79 Å². The van der Waals surface area contributed by atoms with E-state index in [2.05, 4.69) is 4.98 Å². The van der Waals surface area contributed by atoms with Crippen molar-refractivity contribution in [1.29, 1.82) is 0 Å². The zero-order chi connectivity index (χ0) is 12.4. The van der Waals surface area contributed by atoms with Gasteiger partial charge in [-0.3, -0.25) is 9.88 Å². The fourth-order valence-electron chi connectivity index (χ4n) is 1.80. The Bertz CT molecular complexity index is 420. The molecule has 1 amide bonds. The monoisotopic (exact) mass is 236 g/mol. The first-order valence-corrected chi connectivity index (χ1v) is 5.66. The molecule has 5 nitrogen and oxygen atoms in total. The number of hydrogen-bond acceptors (Lipinski definition) is 3. The number of fused-ring (bicyclic) bond motifs is 1. The third-order valence-corrected chi connectivity index (χ3v) is 2.88. The second-order valence-corrected chi connectivity index (χ2v) is 4.51. The average Bonchev–Trinajstić information content (AvgIpc) is 2.47. The lowest BCUT2D eigenvalue weighted by Crippen LogP contribution is -2.38. The van der Waals surface area contributed by atoms with Crippen molar-refractivity contribution in [2.45, 2.75) is 26.5 Å². The highest BCUT2D eigenvalue weighted by molar-refractivity contribution is 5.65. The summed E-state index contributed by atoms with van der Waals surface area (Å²) in [6.07, 6.45) is 0.590. The summed E-state index contributed by atoms with van der Waals surface area (Å²) >= 11 is 0. The van der Waals surface area contributed by atoms with Crippen molar-refractivity contribution in [2.75, 3.05) is 6.54 Å². The van der Waals surface area contributed by atoms with Gasteiger partial charge in [0.2, 0.25) is 0 Å². The summed E-state index contributed by atoms with van der Waals surface area (Å²) in [5.41, 5.74) is 0.679. The maximum absolute atomic E-state index is 11.1. The SMILES string of the molecule is CC(C)C1CN(C(=O)O)Cc2ncccc2O1. The molecule has 92 valence electrons. The second kappa shape index (κ2) is 4.61. The van der Waals surface area contributed by atoms with E-state index in [1.165, 1.54) is 4.90 Å². The van der Waals surface area contributed by atoms with Crippen molar-refractivity contribution in [2.24, 2.45) is 5.92 Å². The van der Waals surface area contributed by atoms with Crippen LogP contribution in [0.5, 0.6) is 5.75 Å². The van der Waals surface area contributed by atoms with Gasteiger partial charge in [0.25, 0.3) is 0 Å². The molecule has 17 heavy (non-hydrogen) atoms. The minimum atomic E-state index is -0.933. The summed E-state index contributed by atoms with van der Waals surface area (Å²) in [4.78, 5) is 16.7. The number of amides is 1. The van der Waals surface area contributed by atoms with E-state index in [4.69, 9.17) is 9.84 Å². The molecule has 1 aromatic rings. The molecule has 0 saturated carbocycles. The topological polar surface area (TPSA) is 62.7 Å². The van der Waals surface area contributed by atoms with Crippen molar-refractivity contribution in [3.05, 3.63) is 24.0 Å². The number of hydrogen-bond donors (Lipinski definition) is 1. The van der Waals surface area contributed by atoms with E-state index in [9.17, 15) is 4.79 Å². The Morgan fingerprint density at radius 3 is 3.06 bits per heavy atom. The predicted octanol–water partition coefficient (Wildman–Crippen LogP) is 1.98. The van der Waals surface area contributed by atoms with Crippen LogP contribution in [0, 0.1) is 5.92 Å². The molecular formula is C12H16N2O3. The third-order valence-electron chi connectivity index (χ3n) is 2.88. The molecule has 1 atom stereocenters. The minimum absolute atomic E-state index is 0.128. The number of carboxylic acid groups (broad SMARTS) is 1. The molecule has 0 fully saturated rings. The Hall–Kier alpha value is -1.78. The summed E-state index contributed by atoms with van der Waals surface area (Å²) in [5, 5.41) is 9.13. The molecule has 2 heterocycles. The van der Waals surface area contributed by atoms with Crippen molar-refractivity contribution in [3.63, 3.8) is 0 Å². The maximum atomic E-state index is 11.1. The third kappa shape index (κ3) is 2.49. The summed E-state index contributed by atoms with van der Waals surface area (Å²) in [6, 6.07) is 3.63. The molecule has 1 aliphatic rings. The van der Waals surface area contributed by atoms with Gasteiger partial charge in [-0.2, -0.15) is 0 Å². The summed E-state index contributed by atoms with van der Waals surface area (Å²) < 4.78 is 5.83. The number of ether oxygens (including phenoxy) is 1. The lowest BCUT2D eigenvalue weighted by Gasteiger charge is -2.24. The quantitative estimate of drug-likeness (QED) is 0.809. The van der Waals surface area contributed by atoms with Gasteiger partial charge in [-0.05, 0) is 18.1 Å². The second-order valence-electron chi connectivity index (χ2n) is 4.51. The van der Waals surface area contributed by atoms with Crippen LogP contribution in [-0.4, -0.2) is 33.7 Å². The molecule has 1 aliphatic heterocycles. The zero-order valence-corrected chi connectivity index (χ0v) is 9.96. The van der Waals surface area contributed by atoms with E-state index >= 15 is 0 Å². The van der Waals surface area contributed by atoms with Crippen LogP contribution in [0.15, 0.2) is 18.3 Å². The van der Waals surface area contributed by atoms with Crippen molar-refractivity contribution >= 4 is 6.09 Å². The van der Waals surface area contributed by atoms with E-state index in [-0.39, 0.29) is 18.6 Å². The molecule has 2 rings (SSSR count). The van der Waals surface area contributed by atoms with E-state index < -0.39 is 6.09 Å². The minimum Gasteiger partial charge on any atom is -0.486 e. The normalized spacial score (nSPS) is 19.5. The van der Waals surface area contributed by atoms with Gasteiger partial charge in [0.05, 0.1) is 13.1 Å². The molecule has 0 radical (unpaired) electrons. The van der Waals surface area contributed by atoms with E-state index in [0.717, 1.165) is 0 Å². The average molecular weight is 236 g/mol. The number of carbonyl (C=O) groups is 1. The molecule has 0 aromatic carbocycles. The summed E-state index contributed by atoms with van der Waals surface area (Å²) in [5.74, 6) is 0.943. The van der Waals surface area contributed by atoms with Gasteiger partial charge in [-0.1, -0.05) is 13.8 Å². The summed E-state index contributed by atoms with van der Waals surface area (Å²) in [6.45, 7) is 4.70. The van der Waals surface area contributed by atoms with Crippen LogP contribution >= 0.6 is 0 Å². The van der Waals surface area contributed by atoms with Gasteiger partial charge in [-0.15, -0.1) is 0 Å². The Kier molecular flexibility index (Phi) is 3.17. The first-order chi connectivity index (χ1) is 8.08. The summed E-state index contributed by atoms with van der Waals surface area (Å²) in [7, 11) is 0. The van der Waals surface area contributed by atoms with Crippen molar-refractivity contribution in [3.8, 4) is 5.75 Å². The van der Waals surface area contributed by atoms with Crippen LogP contribution in [0.25, 0.3) is 0 Å². The van der Waals surface area contributed by atoms with Crippen LogP contribution in [0.1, 0.15) is 19.5 Å². The Morgan fingerprint density at radius 2 is 2.41 bits per heavy atom. The lowest BCUT2D eigenvalue weighted by atomic mass is 10.1. The van der Waals surface area contributed by atoms with Crippen LogP contribution in [-0.2, 0) is 6.54 Å². The number of rotatable bonds is 1. The molecule has 0 saturated heterocycles. The Balaban J connectivity index is 2.32. The molecule has 1 unspecified atom stereocenters.